The molecule has 0 aliphatic heterocycles. The Kier molecular flexibility index (Phi) is 11.5. The minimum atomic E-state index is 1.40. The highest BCUT2D eigenvalue weighted by Gasteiger charge is 2.50. The lowest BCUT2D eigenvalue weighted by Gasteiger charge is -2.52. The number of hydrogen-bond donors (Lipinski definition) is 0. The molecule has 0 aromatic rings. The van der Waals surface area contributed by atoms with Gasteiger partial charge in [-0.25, -0.2) is 0 Å². The van der Waals surface area contributed by atoms with Gasteiger partial charge in [0.1, 0.15) is 0 Å². The third-order valence-corrected chi connectivity index (χ3v) is 10.3. The van der Waals surface area contributed by atoms with Crippen molar-refractivity contribution in [2.45, 2.75) is 180 Å². The van der Waals surface area contributed by atoms with Crippen molar-refractivity contribution in [3.8, 4) is 0 Å². The maximum absolute atomic E-state index is 1.88. The minimum absolute atomic E-state index is 1.40. The molecule has 0 heterocycles. The normalized spacial score (nSPS) is 30.7. The van der Waals surface area contributed by atoms with Gasteiger partial charge >= 0.3 is 0 Å². The lowest BCUT2D eigenvalue weighted by atomic mass is 9.51. The lowest BCUT2D eigenvalue weighted by molar-refractivity contribution is 0.429. The molecule has 0 saturated heterocycles. The van der Waals surface area contributed by atoms with E-state index in [-0.39, 0.29) is 0 Å². The topological polar surface area (TPSA) is 0 Å². The van der Waals surface area contributed by atoms with Crippen molar-refractivity contribution in [1.29, 1.82) is 0 Å². The van der Waals surface area contributed by atoms with Gasteiger partial charge in [-0.05, 0) is 98.7 Å². The molecule has 0 heteroatoms. The Hall–Kier alpha value is 0. The van der Waals surface area contributed by atoms with Gasteiger partial charge in [0.25, 0.3) is 0 Å². The van der Waals surface area contributed by atoms with E-state index in [0.29, 0.717) is 0 Å². The Labute approximate surface area is 226 Å². The largest absolute Gasteiger partial charge is 0.0533 e. The Balaban J connectivity index is 1.36. The van der Waals surface area contributed by atoms with Crippen LogP contribution in [-0.2, 0) is 0 Å². The van der Waals surface area contributed by atoms with E-state index >= 15 is 0 Å². The summed E-state index contributed by atoms with van der Waals surface area (Å²) in [5.41, 5.74) is 0. The minimum Gasteiger partial charge on any atom is -0.0533 e. The summed E-state index contributed by atoms with van der Waals surface area (Å²) < 4.78 is 0. The predicted octanol–water partition coefficient (Wildman–Crippen LogP) is 11.6. The molecule has 6 fully saturated rings. The quantitative estimate of drug-likeness (QED) is 0.318. The Bertz CT molecular complexity index is 425. The molecular formula is C36H56. The van der Waals surface area contributed by atoms with Crippen LogP contribution in [0.2, 0.25) is 0 Å². The fourth-order valence-electron chi connectivity index (χ4n) is 8.28. The molecule has 6 saturated carbocycles. The van der Waals surface area contributed by atoms with Gasteiger partial charge in [-0.1, -0.05) is 128 Å². The fourth-order valence-corrected chi connectivity index (χ4v) is 8.28. The van der Waals surface area contributed by atoms with Gasteiger partial charge in [-0.3, -0.25) is 0 Å². The summed E-state index contributed by atoms with van der Waals surface area (Å²) in [6.45, 7) is 0. The van der Waals surface area contributed by atoms with Crippen LogP contribution in [-0.4, -0.2) is 0 Å². The van der Waals surface area contributed by atoms with Crippen molar-refractivity contribution in [2.24, 2.45) is 0 Å². The summed E-state index contributed by atoms with van der Waals surface area (Å²) in [7, 11) is 0. The summed E-state index contributed by atoms with van der Waals surface area (Å²) in [5.74, 6) is 15.1. The zero-order chi connectivity index (χ0) is 24.4. The number of rotatable bonds is 0. The highest BCUT2D eigenvalue weighted by molar-refractivity contribution is 5.62. The lowest BCUT2D eigenvalue weighted by Crippen LogP contribution is -2.41. The van der Waals surface area contributed by atoms with Crippen LogP contribution in [0.1, 0.15) is 180 Å². The smallest absolute Gasteiger partial charge is 0.00936 e. The van der Waals surface area contributed by atoms with Crippen LogP contribution in [0.25, 0.3) is 0 Å². The molecule has 0 N–H and O–H groups in total. The van der Waals surface area contributed by atoms with Crippen LogP contribution in [0.4, 0.5) is 0 Å². The third kappa shape index (κ3) is 7.14. The Morgan fingerprint density at radius 2 is 0.250 bits per heavy atom. The highest BCUT2D eigenvalue weighted by Crippen LogP contribution is 2.62. The molecule has 0 atom stereocenters. The molecule has 0 aromatic carbocycles. The molecule has 8 radical (unpaired) electrons. The average molecular weight is 489 g/mol. The molecular weight excluding hydrogens is 432 g/mol. The zero-order valence-electron chi connectivity index (χ0n) is 23.8. The van der Waals surface area contributed by atoms with E-state index in [2.05, 4.69) is 0 Å². The van der Waals surface area contributed by atoms with Gasteiger partial charge in [0, 0.05) is 0 Å². The van der Waals surface area contributed by atoms with E-state index < -0.39 is 0 Å². The third-order valence-electron chi connectivity index (χ3n) is 10.3. The molecule has 0 amide bonds. The van der Waals surface area contributed by atoms with Crippen LogP contribution in [0.3, 0.4) is 0 Å². The van der Waals surface area contributed by atoms with Gasteiger partial charge in [-0.15, -0.1) is 0 Å². The summed E-state index contributed by atoms with van der Waals surface area (Å²) in [6.07, 6.45) is 40.3. The average Bonchev–Trinajstić information content (AvgIpc) is 2.87. The van der Waals surface area contributed by atoms with Crippen LogP contribution in [0.15, 0.2) is 0 Å². The molecule has 200 valence electrons. The van der Waals surface area contributed by atoms with Crippen molar-refractivity contribution in [1.82, 2.24) is 0 Å². The van der Waals surface area contributed by atoms with Crippen molar-refractivity contribution in [2.75, 3.05) is 0 Å². The molecule has 8 bridgehead atoms. The van der Waals surface area contributed by atoms with Crippen molar-refractivity contribution >= 4 is 0 Å². The zero-order valence-corrected chi connectivity index (χ0v) is 23.8. The van der Waals surface area contributed by atoms with Crippen molar-refractivity contribution in [3.63, 3.8) is 0 Å². The summed E-state index contributed by atoms with van der Waals surface area (Å²) in [5, 5.41) is 0. The second kappa shape index (κ2) is 15.0. The second-order valence-electron chi connectivity index (χ2n) is 12.9. The fraction of sp³-hybridized carbons (Fsp3) is 0.778. The van der Waals surface area contributed by atoms with Gasteiger partial charge in [0.05, 0.1) is 0 Å². The number of hydrogen-bond acceptors (Lipinski definition) is 0. The van der Waals surface area contributed by atoms with Crippen LogP contribution in [0, 0.1) is 47.3 Å². The molecule has 6 rings (SSSR count). The van der Waals surface area contributed by atoms with E-state index in [9.17, 15) is 0 Å². The SMILES string of the molecule is C1CCC[C]2[C]3CCCCCCC[C]4[C](CCC1)[C]1CCCCCCC[C]2[C]3CCCCCCC[C]41. The van der Waals surface area contributed by atoms with Gasteiger partial charge in [0.15, 0.2) is 0 Å². The first-order valence-electron chi connectivity index (χ1n) is 16.8. The summed E-state index contributed by atoms with van der Waals surface area (Å²) >= 11 is 0. The molecule has 0 nitrogen and oxygen atoms in total. The van der Waals surface area contributed by atoms with E-state index in [1.165, 1.54) is 180 Å². The van der Waals surface area contributed by atoms with Gasteiger partial charge in [-0.2, -0.15) is 0 Å². The standard InChI is InChI=1S/C36H56/c1-5-13-21-29-31-23-15-7-2-8-16-24-32-30(22-14-6-1)34-26-18-10-3-9-17-25-33(29)35(31)27-19-11-4-12-20-28-36(32)34/h1-28H2. The Morgan fingerprint density at radius 1 is 0.139 bits per heavy atom. The second-order valence-corrected chi connectivity index (χ2v) is 12.9. The first kappa shape index (κ1) is 27.6. The number of fused-ring (bicyclic) bond motifs is 24. The van der Waals surface area contributed by atoms with E-state index in [1.807, 2.05) is 47.3 Å². The predicted molar refractivity (Wildman–Crippen MR) is 155 cm³/mol. The summed E-state index contributed by atoms with van der Waals surface area (Å²) in [4.78, 5) is 0. The van der Waals surface area contributed by atoms with E-state index in [1.54, 1.807) is 0 Å². The molecule has 6 aliphatic carbocycles. The highest BCUT2D eigenvalue weighted by atomic mass is 14.5. The first-order valence-corrected chi connectivity index (χ1v) is 16.8. The molecule has 0 spiro atoms. The maximum Gasteiger partial charge on any atom is -0.00936 e. The van der Waals surface area contributed by atoms with Crippen LogP contribution < -0.4 is 0 Å². The molecule has 36 heavy (non-hydrogen) atoms. The van der Waals surface area contributed by atoms with Crippen molar-refractivity contribution in [3.05, 3.63) is 47.3 Å². The summed E-state index contributed by atoms with van der Waals surface area (Å²) in [6, 6.07) is 0. The van der Waals surface area contributed by atoms with Crippen molar-refractivity contribution < 1.29 is 0 Å². The van der Waals surface area contributed by atoms with Crippen LogP contribution in [0.5, 0.6) is 0 Å². The first-order chi connectivity index (χ1) is 17.9. The monoisotopic (exact) mass is 488 g/mol. The van der Waals surface area contributed by atoms with Crippen LogP contribution >= 0.6 is 0 Å². The van der Waals surface area contributed by atoms with E-state index in [0.717, 1.165) is 0 Å². The van der Waals surface area contributed by atoms with E-state index in [4.69, 9.17) is 0 Å². The van der Waals surface area contributed by atoms with Gasteiger partial charge < -0.3 is 0 Å². The molecule has 0 aromatic heterocycles. The Morgan fingerprint density at radius 3 is 0.389 bits per heavy atom. The maximum atomic E-state index is 1.88. The van der Waals surface area contributed by atoms with Gasteiger partial charge in [0.2, 0.25) is 0 Å². The molecule has 6 aliphatic rings. The molecule has 0 unspecified atom stereocenters.